The Morgan fingerprint density at radius 2 is 2.00 bits per heavy atom. The lowest BCUT2D eigenvalue weighted by atomic mass is 10.1. The average molecular weight is 359 g/mol. The predicted molar refractivity (Wildman–Crippen MR) is 106 cm³/mol. The molecule has 4 rings (SSSR count). The molecule has 0 radical (unpaired) electrons. The molecule has 2 saturated carbocycles. The minimum Gasteiger partial charge on any atom is -0.356 e. The van der Waals surface area contributed by atoms with Crippen molar-refractivity contribution in [1.29, 1.82) is 0 Å². The Labute approximate surface area is 155 Å². The maximum absolute atomic E-state index is 4.42. The fourth-order valence-corrected chi connectivity index (χ4v) is 4.94. The molecule has 0 spiro atoms. The largest absolute Gasteiger partial charge is 0.356 e. The number of nitrogens with one attached hydrogen (secondary N) is 2. The van der Waals surface area contributed by atoms with E-state index in [0.717, 1.165) is 31.0 Å². The second kappa shape index (κ2) is 7.58. The van der Waals surface area contributed by atoms with Gasteiger partial charge in [-0.25, -0.2) is 0 Å². The molecule has 1 unspecified atom stereocenters. The molecule has 1 atom stereocenters. The highest BCUT2D eigenvalue weighted by Gasteiger charge is 2.43. The third kappa shape index (κ3) is 4.70. The van der Waals surface area contributed by atoms with Crippen molar-refractivity contribution in [3.05, 3.63) is 30.3 Å². The van der Waals surface area contributed by atoms with E-state index in [2.05, 4.69) is 50.9 Å². The number of nitrogens with zero attached hydrogens (tertiary/aromatic N) is 2. The molecule has 2 aliphatic carbocycles. The van der Waals surface area contributed by atoms with E-state index >= 15 is 0 Å². The summed E-state index contributed by atoms with van der Waals surface area (Å²) in [6.45, 7) is 4.59. The zero-order valence-electron chi connectivity index (χ0n) is 15.2. The van der Waals surface area contributed by atoms with Crippen LogP contribution in [0, 0.1) is 5.92 Å². The molecule has 0 amide bonds. The Balaban J connectivity index is 1.20. The van der Waals surface area contributed by atoms with E-state index in [9.17, 15) is 0 Å². The summed E-state index contributed by atoms with van der Waals surface area (Å²) < 4.78 is 0.356. The number of likely N-dealkylation sites (tertiary alicyclic amines) is 1. The van der Waals surface area contributed by atoms with E-state index in [0.29, 0.717) is 4.75 Å². The molecule has 2 N–H and O–H groups in total. The van der Waals surface area contributed by atoms with Crippen LogP contribution >= 0.6 is 11.8 Å². The van der Waals surface area contributed by atoms with Gasteiger partial charge < -0.3 is 15.5 Å². The van der Waals surface area contributed by atoms with Crippen molar-refractivity contribution in [3.63, 3.8) is 0 Å². The second-order valence-electron chi connectivity index (χ2n) is 7.79. The van der Waals surface area contributed by atoms with Gasteiger partial charge in [-0.3, -0.25) is 4.99 Å². The number of aliphatic imine (C=N–C) groups is 1. The summed E-state index contributed by atoms with van der Waals surface area (Å²) in [5.41, 5.74) is 0. The van der Waals surface area contributed by atoms with E-state index in [1.165, 1.54) is 50.1 Å². The summed E-state index contributed by atoms with van der Waals surface area (Å²) in [6.07, 6.45) is 6.74. The van der Waals surface area contributed by atoms with Gasteiger partial charge >= 0.3 is 0 Å². The minimum absolute atomic E-state index is 0.356. The molecule has 1 aliphatic heterocycles. The smallest absolute Gasteiger partial charge is 0.191 e. The fraction of sp³-hybridized carbons (Fsp3) is 0.650. The molecule has 1 aromatic rings. The Hall–Kier alpha value is -1.20. The molecule has 3 aliphatic rings. The first kappa shape index (κ1) is 17.2. The van der Waals surface area contributed by atoms with Gasteiger partial charge in [-0.1, -0.05) is 18.2 Å². The molecule has 0 aromatic heterocycles. The molecular formula is C20H30N4S. The van der Waals surface area contributed by atoms with Gasteiger partial charge in [0, 0.05) is 42.4 Å². The van der Waals surface area contributed by atoms with Gasteiger partial charge in [0.1, 0.15) is 0 Å². The lowest BCUT2D eigenvalue weighted by molar-refractivity contribution is 0.314. The van der Waals surface area contributed by atoms with Crippen LogP contribution in [0.2, 0.25) is 0 Å². The summed E-state index contributed by atoms with van der Waals surface area (Å²) in [6, 6.07) is 11.7. The quantitative estimate of drug-likeness (QED) is 0.581. The van der Waals surface area contributed by atoms with Crippen molar-refractivity contribution in [2.24, 2.45) is 10.9 Å². The van der Waals surface area contributed by atoms with E-state index < -0.39 is 0 Å². The Morgan fingerprint density at radius 3 is 2.68 bits per heavy atom. The standard InChI is InChI=1S/C20H30N4S/c1-21-19(22-13-16-9-12-24(14-16)17-7-8-17)23-15-20(10-11-20)25-18-5-3-2-4-6-18/h2-6,16-17H,7-15H2,1H3,(H2,21,22,23). The highest BCUT2D eigenvalue weighted by molar-refractivity contribution is 8.01. The minimum atomic E-state index is 0.356. The van der Waals surface area contributed by atoms with Crippen LogP contribution < -0.4 is 10.6 Å². The third-order valence-corrected chi connectivity index (χ3v) is 7.12. The number of thioether (sulfide) groups is 1. The zero-order valence-corrected chi connectivity index (χ0v) is 16.0. The van der Waals surface area contributed by atoms with Gasteiger partial charge in [0.2, 0.25) is 0 Å². The molecule has 1 saturated heterocycles. The SMILES string of the molecule is CN=C(NCC1CCN(C2CC2)C1)NCC1(Sc2ccccc2)CC1. The van der Waals surface area contributed by atoms with Crippen LogP contribution in [-0.4, -0.2) is 54.9 Å². The van der Waals surface area contributed by atoms with E-state index in [4.69, 9.17) is 0 Å². The van der Waals surface area contributed by atoms with Crippen LogP contribution in [0.4, 0.5) is 0 Å². The summed E-state index contributed by atoms with van der Waals surface area (Å²) in [7, 11) is 1.88. The molecule has 4 nitrogen and oxygen atoms in total. The van der Waals surface area contributed by atoms with Crippen molar-refractivity contribution in [3.8, 4) is 0 Å². The van der Waals surface area contributed by atoms with Crippen LogP contribution in [-0.2, 0) is 0 Å². The Kier molecular flexibility index (Phi) is 5.23. The van der Waals surface area contributed by atoms with E-state index in [1.807, 2.05) is 18.8 Å². The van der Waals surface area contributed by atoms with Crippen LogP contribution in [0.5, 0.6) is 0 Å². The van der Waals surface area contributed by atoms with Crippen molar-refractivity contribution in [2.45, 2.75) is 47.8 Å². The number of benzene rings is 1. The van der Waals surface area contributed by atoms with E-state index in [-0.39, 0.29) is 0 Å². The molecule has 1 heterocycles. The van der Waals surface area contributed by atoms with Crippen molar-refractivity contribution in [1.82, 2.24) is 15.5 Å². The highest BCUT2D eigenvalue weighted by atomic mass is 32.2. The lowest BCUT2D eigenvalue weighted by Crippen LogP contribution is -2.43. The van der Waals surface area contributed by atoms with Crippen LogP contribution in [0.1, 0.15) is 32.1 Å². The van der Waals surface area contributed by atoms with Gasteiger partial charge in [0.15, 0.2) is 5.96 Å². The predicted octanol–water partition coefficient (Wildman–Crippen LogP) is 2.96. The van der Waals surface area contributed by atoms with Gasteiger partial charge in [0.05, 0.1) is 0 Å². The van der Waals surface area contributed by atoms with Crippen molar-refractivity contribution >= 4 is 17.7 Å². The van der Waals surface area contributed by atoms with Crippen molar-refractivity contribution in [2.75, 3.05) is 33.2 Å². The Morgan fingerprint density at radius 1 is 1.20 bits per heavy atom. The first-order chi connectivity index (χ1) is 12.3. The number of hydrogen-bond acceptors (Lipinski definition) is 3. The number of hydrogen-bond donors (Lipinski definition) is 2. The maximum Gasteiger partial charge on any atom is 0.191 e. The highest BCUT2D eigenvalue weighted by Crippen LogP contribution is 2.51. The van der Waals surface area contributed by atoms with Gasteiger partial charge in [0.25, 0.3) is 0 Å². The molecule has 0 bridgehead atoms. The molecule has 25 heavy (non-hydrogen) atoms. The first-order valence-corrected chi connectivity index (χ1v) is 10.5. The van der Waals surface area contributed by atoms with Gasteiger partial charge in [-0.15, -0.1) is 11.8 Å². The molecule has 5 heteroatoms. The first-order valence-electron chi connectivity index (χ1n) is 9.69. The average Bonchev–Trinajstić information content (AvgIpc) is 3.57. The number of rotatable bonds is 7. The maximum atomic E-state index is 4.42. The monoisotopic (exact) mass is 358 g/mol. The summed E-state index contributed by atoms with van der Waals surface area (Å²) in [4.78, 5) is 8.47. The molecular weight excluding hydrogens is 328 g/mol. The van der Waals surface area contributed by atoms with Gasteiger partial charge in [-0.2, -0.15) is 0 Å². The topological polar surface area (TPSA) is 39.7 Å². The second-order valence-corrected chi connectivity index (χ2v) is 9.33. The summed E-state index contributed by atoms with van der Waals surface area (Å²) >= 11 is 2.01. The van der Waals surface area contributed by atoms with Crippen LogP contribution in [0.3, 0.4) is 0 Å². The fourth-order valence-electron chi connectivity index (χ4n) is 3.70. The molecule has 136 valence electrons. The number of guanidine groups is 1. The van der Waals surface area contributed by atoms with Crippen LogP contribution in [0.25, 0.3) is 0 Å². The summed E-state index contributed by atoms with van der Waals surface area (Å²) in [5.74, 6) is 1.73. The Bertz CT molecular complexity index is 595. The molecule has 1 aromatic carbocycles. The van der Waals surface area contributed by atoms with E-state index in [1.54, 1.807) is 0 Å². The molecule has 3 fully saturated rings. The summed E-state index contributed by atoms with van der Waals surface area (Å²) in [5, 5.41) is 7.13. The van der Waals surface area contributed by atoms with Crippen LogP contribution in [0.15, 0.2) is 40.2 Å². The zero-order chi connectivity index (χ0) is 17.1. The lowest BCUT2D eigenvalue weighted by Gasteiger charge is -2.20. The van der Waals surface area contributed by atoms with Crippen molar-refractivity contribution < 1.29 is 0 Å². The third-order valence-electron chi connectivity index (χ3n) is 5.63. The normalized spacial score (nSPS) is 25.8. The van der Waals surface area contributed by atoms with Gasteiger partial charge in [-0.05, 0) is 56.7 Å².